The van der Waals surface area contributed by atoms with Crippen LogP contribution in [0.25, 0.3) is 0 Å². The number of amides is 1. The van der Waals surface area contributed by atoms with E-state index in [1.165, 1.54) is 12.1 Å². The van der Waals surface area contributed by atoms with Crippen LogP contribution in [0.3, 0.4) is 0 Å². The number of carbonyl (C=O) groups is 1. The average Bonchev–Trinajstić information content (AvgIpc) is 2.40. The third-order valence-electron chi connectivity index (χ3n) is 4.14. The number of anilines is 1. The average molecular weight is 345 g/mol. The zero-order valence-corrected chi connectivity index (χ0v) is 14.7. The second-order valence-electron chi connectivity index (χ2n) is 6.60. The molecule has 3 N–H and O–H groups in total. The van der Waals surface area contributed by atoms with Crippen LogP contribution in [0.15, 0.2) is 18.2 Å². The van der Waals surface area contributed by atoms with Crippen molar-refractivity contribution in [2.24, 2.45) is 11.7 Å². The topological polar surface area (TPSA) is 64.3 Å². The molecule has 1 saturated carbocycles. The maximum Gasteiger partial charge on any atom is 0.229 e. The highest BCUT2D eigenvalue weighted by molar-refractivity contribution is 5.93. The van der Waals surface area contributed by atoms with E-state index >= 15 is 0 Å². The Kier molecular flexibility index (Phi) is 6.84. The van der Waals surface area contributed by atoms with Gasteiger partial charge in [0, 0.05) is 11.6 Å². The number of carbonyl (C=O) groups excluding carboxylic acids is 1. The molecule has 1 fully saturated rings. The van der Waals surface area contributed by atoms with Gasteiger partial charge in [-0.2, -0.15) is 0 Å². The van der Waals surface area contributed by atoms with Gasteiger partial charge in [-0.3, -0.25) is 4.79 Å². The van der Waals surface area contributed by atoms with Gasteiger partial charge in [0.2, 0.25) is 5.91 Å². The highest BCUT2D eigenvalue weighted by Gasteiger charge is 2.37. The molecular weight excluding hydrogens is 319 g/mol. The summed E-state index contributed by atoms with van der Waals surface area (Å²) in [4.78, 5) is 12.4. The Balaban J connectivity index is 0.00000264. The number of nitrogens with two attached hydrogens (primary N) is 1. The zero-order chi connectivity index (χ0) is 16.3. The SMILES string of the molecule is CC(C)Oc1ccc(NC(=O)C2CCCCC2(C)N)c(F)c1.Cl. The summed E-state index contributed by atoms with van der Waals surface area (Å²) in [7, 11) is 0. The minimum Gasteiger partial charge on any atom is -0.491 e. The summed E-state index contributed by atoms with van der Waals surface area (Å²) in [6, 6.07) is 4.47. The van der Waals surface area contributed by atoms with Gasteiger partial charge in [0.1, 0.15) is 11.6 Å². The standard InChI is InChI=1S/C17H25FN2O2.ClH/c1-11(2)22-12-7-8-15(14(18)10-12)20-16(21)13-6-4-5-9-17(13,3)19;/h7-8,10-11,13H,4-6,9,19H2,1-3H3,(H,20,21);1H. The van der Waals surface area contributed by atoms with E-state index in [0.29, 0.717) is 5.75 Å². The summed E-state index contributed by atoms with van der Waals surface area (Å²) in [6.45, 7) is 5.64. The monoisotopic (exact) mass is 344 g/mol. The van der Waals surface area contributed by atoms with E-state index in [0.717, 1.165) is 25.7 Å². The molecule has 0 bridgehead atoms. The minimum atomic E-state index is -0.528. The molecule has 0 spiro atoms. The fourth-order valence-corrected chi connectivity index (χ4v) is 2.95. The predicted molar refractivity (Wildman–Crippen MR) is 92.6 cm³/mol. The molecule has 0 heterocycles. The van der Waals surface area contributed by atoms with Crippen LogP contribution in [-0.4, -0.2) is 17.6 Å². The first-order valence-corrected chi connectivity index (χ1v) is 7.85. The Bertz CT molecular complexity index is 549. The Morgan fingerprint density at radius 3 is 2.70 bits per heavy atom. The molecule has 1 aromatic rings. The van der Waals surface area contributed by atoms with E-state index in [9.17, 15) is 9.18 Å². The maximum atomic E-state index is 14.1. The molecule has 0 aromatic heterocycles. The van der Waals surface area contributed by atoms with Gasteiger partial charge in [0.15, 0.2) is 0 Å². The largest absolute Gasteiger partial charge is 0.491 e. The fraction of sp³-hybridized carbons (Fsp3) is 0.588. The first-order valence-electron chi connectivity index (χ1n) is 7.85. The Labute approximate surface area is 143 Å². The number of ether oxygens (including phenoxy) is 1. The van der Waals surface area contributed by atoms with Crippen molar-refractivity contribution in [2.45, 2.75) is 58.1 Å². The van der Waals surface area contributed by atoms with Gasteiger partial charge in [-0.05, 0) is 45.7 Å². The van der Waals surface area contributed by atoms with Crippen LogP contribution in [0.2, 0.25) is 0 Å². The van der Waals surface area contributed by atoms with Crippen LogP contribution in [0.4, 0.5) is 10.1 Å². The molecular formula is C17H26ClFN2O2. The van der Waals surface area contributed by atoms with Crippen molar-refractivity contribution in [1.29, 1.82) is 0 Å². The fourth-order valence-electron chi connectivity index (χ4n) is 2.95. The third-order valence-corrected chi connectivity index (χ3v) is 4.14. The van der Waals surface area contributed by atoms with Crippen LogP contribution in [0.1, 0.15) is 46.5 Å². The van der Waals surface area contributed by atoms with Crippen molar-refractivity contribution >= 4 is 24.0 Å². The molecule has 1 amide bonds. The molecule has 2 rings (SSSR count). The van der Waals surface area contributed by atoms with Crippen molar-refractivity contribution < 1.29 is 13.9 Å². The van der Waals surface area contributed by atoms with Crippen molar-refractivity contribution in [3.8, 4) is 5.75 Å². The number of hydrogen-bond donors (Lipinski definition) is 2. The van der Waals surface area contributed by atoms with E-state index in [2.05, 4.69) is 5.32 Å². The molecule has 0 radical (unpaired) electrons. The van der Waals surface area contributed by atoms with Crippen molar-refractivity contribution in [3.63, 3.8) is 0 Å². The number of halogens is 2. The van der Waals surface area contributed by atoms with Gasteiger partial charge < -0.3 is 15.8 Å². The van der Waals surface area contributed by atoms with E-state index in [1.54, 1.807) is 6.07 Å². The van der Waals surface area contributed by atoms with E-state index < -0.39 is 11.4 Å². The summed E-state index contributed by atoms with van der Waals surface area (Å²) in [5.74, 6) is -0.541. The summed E-state index contributed by atoms with van der Waals surface area (Å²) in [5, 5.41) is 2.67. The molecule has 23 heavy (non-hydrogen) atoms. The zero-order valence-electron chi connectivity index (χ0n) is 13.9. The van der Waals surface area contributed by atoms with Crippen LogP contribution >= 0.6 is 12.4 Å². The van der Waals surface area contributed by atoms with Crippen molar-refractivity contribution in [3.05, 3.63) is 24.0 Å². The first kappa shape index (κ1) is 19.7. The summed E-state index contributed by atoms with van der Waals surface area (Å²) in [6.07, 6.45) is 3.55. The van der Waals surface area contributed by atoms with Gasteiger partial charge in [-0.25, -0.2) is 4.39 Å². The van der Waals surface area contributed by atoms with Crippen LogP contribution in [0, 0.1) is 11.7 Å². The predicted octanol–water partition coefficient (Wildman–Crippen LogP) is 3.88. The van der Waals surface area contributed by atoms with E-state index in [-0.39, 0.29) is 36.0 Å². The molecule has 4 nitrogen and oxygen atoms in total. The molecule has 0 aliphatic heterocycles. The molecule has 1 aliphatic rings. The summed E-state index contributed by atoms with van der Waals surface area (Å²) in [5.41, 5.74) is 5.86. The molecule has 6 heteroatoms. The third kappa shape index (κ3) is 5.08. The number of benzene rings is 1. The van der Waals surface area contributed by atoms with Gasteiger partial charge in [-0.15, -0.1) is 12.4 Å². The van der Waals surface area contributed by atoms with E-state index in [4.69, 9.17) is 10.5 Å². The Morgan fingerprint density at radius 1 is 1.43 bits per heavy atom. The lowest BCUT2D eigenvalue weighted by Gasteiger charge is -2.37. The molecule has 1 aromatic carbocycles. The summed E-state index contributed by atoms with van der Waals surface area (Å²) >= 11 is 0. The highest BCUT2D eigenvalue weighted by atomic mass is 35.5. The normalized spacial score (nSPS) is 24.0. The highest BCUT2D eigenvalue weighted by Crippen LogP contribution is 2.33. The quantitative estimate of drug-likeness (QED) is 0.871. The molecule has 1 aliphatic carbocycles. The van der Waals surface area contributed by atoms with Crippen LogP contribution < -0.4 is 15.8 Å². The molecule has 0 saturated heterocycles. The van der Waals surface area contributed by atoms with Gasteiger partial charge in [0.05, 0.1) is 17.7 Å². The molecule has 2 atom stereocenters. The Hall–Kier alpha value is -1.33. The lowest BCUT2D eigenvalue weighted by Crippen LogP contribution is -2.51. The number of nitrogens with one attached hydrogen (secondary N) is 1. The van der Waals surface area contributed by atoms with E-state index in [1.807, 2.05) is 20.8 Å². The minimum absolute atomic E-state index is 0. The molecule has 130 valence electrons. The van der Waals surface area contributed by atoms with Crippen molar-refractivity contribution in [2.75, 3.05) is 5.32 Å². The maximum absolute atomic E-state index is 14.1. The van der Waals surface area contributed by atoms with Gasteiger partial charge >= 0.3 is 0 Å². The molecule has 2 unspecified atom stereocenters. The van der Waals surface area contributed by atoms with Crippen molar-refractivity contribution in [1.82, 2.24) is 0 Å². The van der Waals surface area contributed by atoms with Crippen LogP contribution in [0.5, 0.6) is 5.75 Å². The lowest BCUT2D eigenvalue weighted by atomic mass is 9.74. The number of hydrogen-bond acceptors (Lipinski definition) is 3. The number of rotatable bonds is 4. The second kappa shape index (κ2) is 7.97. The summed E-state index contributed by atoms with van der Waals surface area (Å²) < 4.78 is 19.5. The van der Waals surface area contributed by atoms with Gasteiger partial charge in [0.25, 0.3) is 0 Å². The second-order valence-corrected chi connectivity index (χ2v) is 6.60. The lowest BCUT2D eigenvalue weighted by molar-refractivity contribution is -0.122. The first-order chi connectivity index (χ1) is 10.3. The smallest absolute Gasteiger partial charge is 0.229 e. The Morgan fingerprint density at radius 2 is 2.13 bits per heavy atom. The van der Waals surface area contributed by atoms with Gasteiger partial charge in [-0.1, -0.05) is 12.8 Å². The van der Waals surface area contributed by atoms with Crippen LogP contribution in [-0.2, 0) is 4.79 Å².